The van der Waals surface area contributed by atoms with E-state index in [-0.39, 0.29) is 17.3 Å². The summed E-state index contributed by atoms with van der Waals surface area (Å²) in [4.78, 5) is 14.5. The van der Waals surface area contributed by atoms with Crippen LogP contribution in [-0.4, -0.2) is 35.9 Å². The molecule has 0 saturated carbocycles. The number of rotatable bonds is 1. The van der Waals surface area contributed by atoms with Crippen LogP contribution in [0.15, 0.2) is 0 Å². The fourth-order valence-electron chi connectivity index (χ4n) is 1.03. The van der Waals surface area contributed by atoms with Gasteiger partial charge in [0, 0.05) is 0 Å². The van der Waals surface area contributed by atoms with Crippen molar-refractivity contribution in [1.29, 1.82) is 0 Å². The Morgan fingerprint density at radius 2 is 2.21 bits per heavy atom. The Bertz CT molecular complexity index is 518. The van der Waals surface area contributed by atoms with Gasteiger partial charge in [-0.2, -0.15) is 9.50 Å². The number of carboxylic acid groups (broad SMARTS) is 1. The van der Waals surface area contributed by atoms with E-state index in [1.807, 2.05) is 0 Å². The second-order valence-electron chi connectivity index (χ2n) is 2.61. The van der Waals surface area contributed by atoms with Gasteiger partial charge in [-0.1, -0.05) is 0 Å². The van der Waals surface area contributed by atoms with Gasteiger partial charge in [-0.15, -0.1) is 15.3 Å². The van der Waals surface area contributed by atoms with Crippen molar-refractivity contribution in [3.8, 4) is 0 Å². The molecule has 2 aromatic rings. The van der Waals surface area contributed by atoms with Crippen molar-refractivity contribution in [2.75, 3.05) is 5.73 Å². The molecule has 0 aromatic carbocycles. The zero-order valence-corrected chi connectivity index (χ0v) is 7.17. The number of aryl methyl sites for hydroxylation is 1. The Hall–Kier alpha value is -2.25. The monoisotopic (exact) mass is 194 g/mol. The summed E-state index contributed by atoms with van der Waals surface area (Å²) in [5, 5.41) is 19.5. The summed E-state index contributed by atoms with van der Waals surface area (Å²) in [5.41, 5.74) is 5.18. The number of carbonyl (C=O) groups is 1. The van der Waals surface area contributed by atoms with Crippen molar-refractivity contribution in [3.63, 3.8) is 0 Å². The molecule has 14 heavy (non-hydrogen) atoms. The van der Waals surface area contributed by atoms with Crippen molar-refractivity contribution < 1.29 is 9.90 Å². The van der Waals surface area contributed by atoms with Crippen molar-refractivity contribution in [3.05, 3.63) is 11.5 Å². The molecule has 0 aliphatic carbocycles. The van der Waals surface area contributed by atoms with Crippen LogP contribution in [0, 0.1) is 6.92 Å². The van der Waals surface area contributed by atoms with Crippen LogP contribution in [0.5, 0.6) is 0 Å². The standard InChI is InChI=1S/C6H6N6O2/c1-2-8-6-10-9-3(5(13)14)4(7)12(6)11-2/h7H2,1H3,(H,13,14). The highest BCUT2D eigenvalue weighted by atomic mass is 16.4. The summed E-state index contributed by atoms with van der Waals surface area (Å²) >= 11 is 0. The first-order valence-electron chi connectivity index (χ1n) is 3.68. The van der Waals surface area contributed by atoms with Gasteiger partial charge in [-0.05, 0) is 6.92 Å². The fraction of sp³-hybridized carbons (Fsp3) is 0.167. The number of fused-ring (bicyclic) bond motifs is 1. The van der Waals surface area contributed by atoms with Gasteiger partial charge in [0.05, 0.1) is 0 Å². The summed E-state index contributed by atoms with van der Waals surface area (Å²) in [7, 11) is 0. The number of nitrogens with zero attached hydrogens (tertiary/aromatic N) is 5. The quantitative estimate of drug-likeness (QED) is 0.604. The normalized spacial score (nSPS) is 10.6. The van der Waals surface area contributed by atoms with E-state index in [4.69, 9.17) is 10.8 Å². The van der Waals surface area contributed by atoms with Gasteiger partial charge in [0.25, 0.3) is 5.78 Å². The zero-order valence-electron chi connectivity index (χ0n) is 7.17. The molecule has 0 aliphatic heterocycles. The first-order chi connectivity index (χ1) is 6.59. The highest BCUT2D eigenvalue weighted by molar-refractivity contribution is 5.90. The summed E-state index contributed by atoms with van der Waals surface area (Å²) in [6.45, 7) is 1.65. The van der Waals surface area contributed by atoms with E-state index in [1.54, 1.807) is 6.92 Å². The molecule has 0 radical (unpaired) electrons. The van der Waals surface area contributed by atoms with Gasteiger partial charge in [-0.25, -0.2) is 4.79 Å². The lowest BCUT2D eigenvalue weighted by atomic mass is 10.4. The third-order valence-corrected chi connectivity index (χ3v) is 1.61. The molecule has 0 atom stereocenters. The van der Waals surface area contributed by atoms with E-state index in [9.17, 15) is 4.79 Å². The molecule has 0 unspecified atom stereocenters. The third kappa shape index (κ3) is 1.04. The molecule has 0 saturated heterocycles. The van der Waals surface area contributed by atoms with Crippen LogP contribution < -0.4 is 5.73 Å². The second kappa shape index (κ2) is 2.62. The van der Waals surface area contributed by atoms with E-state index in [2.05, 4.69) is 20.3 Å². The molecule has 2 aromatic heterocycles. The number of aromatic carboxylic acids is 1. The van der Waals surface area contributed by atoms with Crippen LogP contribution in [0.4, 0.5) is 5.82 Å². The maximum atomic E-state index is 10.6. The van der Waals surface area contributed by atoms with Crippen LogP contribution in [0.3, 0.4) is 0 Å². The average molecular weight is 194 g/mol. The topological polar surface area (TPSA) is 119 Å². The van der Waals surface area contributed by atoms with Crippen molar-refractivity contribution in [2.24, 2.45) is 0 Å². The van der Waals surface area contributed by atoms with Gasteiger partial charge in [-0.3, -0.25) is 0 Å². The molecule has 2 rings (SSSR count). The van der Waals surface area contributed by atoms with Gasteiger partial charge in [0.1, 0.15) is 5.82 Å². The minimum Gasteiger partial charge on any atom is -0.476 e. The maximum Gasteiger partial charge on any atom is 0.360 e. The zero-order chi connectivity index (χ0) is 10.3. The smallest absolute Gasteiger partial charge is 0.360 e. The number of nitrogens with two attached hydrogens (primary N) is 1. The van der Waals surface area contributed by atoms with E-state index in [0.717, 1.165) is 4.52 Å². The number of hydrogen-bond acceptors (Lipinski definition) is 6. The lowest BCUT2D eigenvalue weighted by Crippen LogP contribution is -2.12. The number of carboxylic acids is 1. The van der Waals surface area contributed by atoms with Gasteiger partial charge in [0.2, 0.25) is 5.69 Å². The Morgan fingerprint density at radius 1 is 1.50 bits per heavy atom. The van der Waals surface area contributed by atoms with Crippen molar-refractivity contribution in [1.82, 2.24) is 24.8 Å². The Kier molecular flexibility index (Phi) is 1.56. The van der Waals surface area contributed by atoms with Crippen molar-refractivity contribution in [2.45, 2.75) is 6.92 Å². The third-order valence-electron chi connectivity index (χ3n) is 1.61. The predicted octanol–water partition coefficient (Wildman–Crippen LogP) is -0.892. The Morgan fingerprint density at radius 3 is 2.86 bits per heavy atom. The predicted molar refractivity (Wildman–Crippen MR) is 44.7 cm³/mol. The second-order valence-corrected chi connectivity index (χ2v) is 2.61. The highest BCUT2D eigenvalue weighted by Gasteiger charge is 2.15. The summed E-state index contributed by atoms with van der Waals surface area (Å²) in [5.74, 6) is -0.688. The summed E-state index contributed by atoms with van der Waals surface area (Å²) in [6.07, 6.45) is 0. The molecule has 0 spiro atoms. The first-order valence-corrected chi connectivity index (χ1v) is 3.68. The SMILES string of the molecule is Cc1nc2nnc(C(=O)O)c(N)n2n1. The van der Waals surface area contributed by atoms with Crippen LogP contribution in [0.25, 0.3) is 5.78 Å². The maximum absolute atomic E-state index is 10.6. The highest BCUT2D eigenvalue weighted by Crippen LogP contribution is 2.08. The summed E-state index contributed by atoms with van der Waals surface area (Å²) < 4.78 is 1.14. The molecule has 0 amide bonds. The average Bonchev–Trinajstić information content (AvgIpc) is 2.46. The summed E-state index contributed by atoms with van der Waals surface area (Å²) in [6, 6.07) is 0. The van der Waals surface area contributed by atoms with Crippen LogP contribution in [0.1, 0.15) is 16.3 Å². The number of nitrogen functional groups attached to an aromatic ring is 1. The van der Waals surface area contributed by atoms with Crippen molar-refractivity contribution >= 4 is 17.6 Å². The van der Waals surface area contributed by atoms with Crippen LogP contribution >= 0.6 is 0 Å². The molecule has 2 heterocycles. The van der Waals surface area contributed by atoms with Gasteiger partial charge < -0.3 is 10.8 Å². The van der Waals surface area contributed by atoms with E-state index < -0.39 is 5.97 Å². The molecular weight excluding hydrogens is 188 g/mol. The molecule has 72 valence electrons. The largest absolute Gasteiger partial charge is 0.476 e. The van der Waals surface area contributed by atoms with E-state index in [0.29, 0.717) is 5.82 Å². The molecular formula is C6H6N6O2. The lowest BCUT2D eigenvalue weighted by molar-refractivity contribution is 0.0690. The molecule has 0 bridgehead atoms. The number of anilines is 1. The molecule has 0 aliphatic rings. The minimum atomic E-state index is -1.25. The van der Waals surface area contributed by atoms with Gasteiger partial charge >= 0.3 is 5.97 Å². The minimum absolute atomic E-state index is 0.0805. The lowest BCUT2D eigenvalue weighted by Gasteiger charge is -1.98. The fourth-order valence-corrected chi connectivity index (χ4v) is 1.03. The van der Waals surface area contributed by atoms with Crippen LogP contribution in [0.2, 0.25) is 0 Å². The molecule has 3 N–H and O–H groups in total. The van der Waals surface area contributed by atoms with E-state index in [1.165, 1.54) is 0 Å². The Labute approximate surface area is 77.4 Å². The molecule has 8 nitrogen and oxygen atoms in total. The molecule has 8 heteroatoms. The number of aromatic nitrogens is 5. The Balaban J connectivity index is 2.80. The van der Waals surface area contributed by atoms with E-state index >= 15 is 0 Å². The first kappa shape index (κ1) is 8.35. The number of hydrogen-bond donors (Lipinski definition) is 2. The van der Waals surface area contributed by atoms with Gasteiger partial charge in [0.15, 0.2) is 5.82 Å². The van der Waals surface area contributed by atoms with Crippen LogP contribution in [-0.2, 0) is 0 Å². The molecule has 0 fully saturated rings.